The first-order chi connectivity index (χ1) is 7.65. The van der Waals surface area contributed by atoms with E-state index in [2.05, 4.69) is 0 Å². The molecule has 0 unspecified atom stereocenters. The van der Waals surface area contributed by atoms with Crippen LogP contribution in [-0.4, -0.2) is 35.0 Å². The maximum atomic E-state index is 12.9. The van der Waals surface area contributed by atoms with Gasteiger partial charge in [0.05, 0.1) is 11.1 Å². The van der Waals surface area contributed by atoms with Crippen LogP contribution in [0.3, 0.4) is 0 Å². The third-order valence-electron chi connectivity index (χ3n) is 2.47. The van der Waals surface area contributed by atoms with Crippen LogP contribution in [0, 0.1) is 5.82 Å². The summed E-state index contributed by atoms with van der Waals surface area (Å²) in [6.45, 7) is 0.0617. The highest BCUT2D eigenvalue weighted by atomic mass is 19.1. The molecule has 1 aromatic carbocycles. The third-order valence-corrected chi connectivity index (χ3v) is 2.47. The van der Waals surface area contributed by atoms with Crippen molar-refractivity contribution in [1.82, 2.24) is 4.90 Å². The quantitative estimate of drug-likeness (QED) is 0.771. The summed E-state index contributed by atoms with van der Waals surface area (Å²) in [5.74, 6) is -1.45. The Morgan fingerprint density at radius 3 is 2.56 bits per heavy atom. The molecule has 0 fully saturated rings. The number of amides is 2. The van der Waals surface area contributed by atoms with Crippen LogP contribution in [-0.2, 0) is 0 Å². The number of halogens is 1. The lowest BCUT2D eigenvalue weighted by Crippen LogP contribution is -2.31. The van der Waals surface area contributed by atoms with E-state index in [4.69, 9.17) is 5.11 Å². The lowest BCUT2D eigenvalue weighted by atomic mass is 10.1. The van der Waals surface area contributed by atoms with Crippen molar-refractivity contribution in [1.29, 1.82) is 0 Å². The molecular formula is C11H10FNO3. The molecule has 2 rings (SSSR count). The molecule has 0 spiro atoms. The van der Waals surface area contributed by atoms with Gasteiger partial charge in [0.1, 0.15) is 5.82 Å². The van der Waals surface area contributed by atoms with Gasteiger partial charge in [0.15, 0.2) is 0 Å². The highest BCUT2D eigenvalue weighted by Gasteiger charge is 2.35. The molecule has 84 valence electrons. The average Bonchev–Trinajstić information content (AvgIpc) is 2.50. The number of hydrogen-bond donors (Lipinski definition) is 1. The molecule has 1 aliphatic rings. The average molecular weight is 223 g/mol. The molecule has 5 heteroatoms. The van der Waals surface area contributed by atoms with Gasteiger partial charge in [-0.25, -0.2) is 4.39 Å². The molecule has 0 aliphatic carbocycles. The van der Waals surface area contributed by atoms with Crippen molar-refractivity contribution in [2.24, 2.45) is 0 Å². The summed E-state index contributed by atoms with van der Waals surface area (Å²) < 4.78 is 12.9. The van der Waals surface area contributed by atoms with Crippen LogP contribution >= 0.6 is 0 Å². The summed E-state index contributed by atoms with van der Waals surface area (Å²) in [6.07, 6.45) is 0.327. The molecule has 1 aromatic rings. The van der Waals surface area contributed by atoms with Gasteiger partial charge >= 0.3 is 0 Å². The van der Waals surface area contributed by atoms with E-state index in [1.807, 2.05) is 0 Å². The molecule has 4 nitrogen and oxygen atoms in total. The lowest BCUT2D eigenvalue weighted by molar-refractivity contribution is 0.0645. The van der Waals surface area contributed by atoms with Crippen molar-refractivity contribution in [2.45, 2.75) is 6.42 Å². The fraction of sp³-hybridized carbons (Fsp3) is 0.273. The zero-order chi connectivity index (χ0) is 11.7. The maximum absolute atomic E-state index is 12.9. The minimum Gasteiger partial charge on any atom is -0.396 e. The first-order valence-electron chi connectivity index (χ1n) is 4.91. The van der Waals surface area contributed by atoms with E-state index in [0.717, 1.165) is 17.0 Å². The number of nitrogens with zero attached hydrogens (tertiary/aromatic N) is 1. The SMILES string of the molecule is O=C1c2ccc(F)cc2C(=O)N1CCCO. The van der Waals surface area contributed by atoms with Crippen molar-refractivity contribution in [3.05, 3.63) is 35.1 Å². The van der Waals surface area contributed by atoms with Crippen LogP contribution in [0.5, 0.6) is 0 Å². The molecule has 1 heterocycles. The Kier molecular flexibility index (Phi) is 2.70. The molecule has 0 aromatic heterocycles. The second-order valence-corrected chi connectivity index (χ2v) is 3.53. The second-order valence-electron chi connectivity index (χ2n) is 3.53. The summed E-state index contributed by atoms with van der Waals surface area (Å²) >= 11 is 0. The molecule has 0 saturated heterocycles. The van der Waals surface area contributed by atoms with Gasteiger partial charge in [0, 0.05) is 13.2 Å². The van der Waals surface area contributed by atoms with Crippen molar-refractivity contribution in [3.8, 4) is 0 Å². The van der Waals surface area contributed by atoms with E-state index in [9.17, 15) is 14.0 Å². The van der Waals surface area contributed by atoms with Gasteiger partial charge in [0.2, 0.25) is 0 Å². The minimum absolute atomic E-state index is 0.0955. The van der Waals surface area contributed by atoms with Gasteiger partial charge in [-0.2, -0.15) is 0 Å². The van der Waals surface area contributed by atoms with E-state index < -0.39 is 17.6 Å². The lowest BCUT2D eigenvalue weighted by Gasteiger charge is -2.11. The van der Waals surface area contributed by atoms with E-state index in [1.165, 1.54) is 6.07 Å². The number of rotatable bonds is 3. The predicted molar refractivity (Wildman–Crippen MR) is 53.5 cm³/mol. The smallest absolute Gasteiger partial charge is 0.261 e. The molecule has 0 saturated carbocycles. The van der Waals surface area contributed by atoms with E-state index >= 15 is 0 Å². The second kappa shape index (κ2) is 4.02. The zero-order valence-corrected chi connectivity index (χ0v) is 8.44. The first kappa shape index (κ1) is 10.8. The number of hydrogen-bond acceptors (Lipinski definition) is 3. The highest BCUT2D eigenvalue weighted by Crippen LogP contribution is 2.23. The van der Waals surface area contributed by atoms with Gasteiger partial charge in [-0.15, -0.1) is 0 Å². The number of fused-ring (bicyclic) bond motifs is 1. The van der Waals surface area contributed by atoms with E-state index in [0.29, 0.717) is 6.42 Å². The molecule has 2 amide bonds. The number of benzene rings is 1. The number of carbonyl (C=O) groups is 2. The molecule has 16 heavy (non-hydrogen) atoms. The van der Waals surface area contributed by atoms with Crippen LogP contribution in [0.4, 0.5) is 4.39 Å². The summed E-state index contributed by atoms with van der Waals surface area (Å²) in [4.78, 5) is 24.5. The third kappa shape index (κ3) is 1.59. The largest absolute Gasteiger partial charge is 0.396 e. The number of carbonyl (C=O) groups excluding carboxylic acids is 2. The van der Waals surface area contributed by atoms with E-state index in [-0.39, 0.29) is 24.3 Å². The normalized spacial score (nSPS) is 14.5. The molecule has 1 N–H and O–H groups in total. The Bertz CT molecular complexity index is 459. The molecule has 1 aliphatic heterocycles. The van der Waals surface area contributed by atoms with Gasteiger partial charge in [-0.05, 0) is 24.6 Å². The summed E-state index contributed by atoms with van der Waals surface area (Å²) in [5, 5.41) is 8.65. The Hall–Kier alpha value is -1.75. The van der Waals surface area contributed by atoms with Gasteiger partial charge < -0.3 is 5.11 Å². The van der Waals surface area contributed by atoms with Crippen molar-refractivity contribution in [2.75, 3.05) is 13.2 Å². The predicted octanol–water partition coefficient (Wildman–Crippen LogP) is 0.804. The van der Waals surface area contributed by atoms with Crippen LogP contribution in [0.25, 0.3) is 0 Å². The van der Waals surface area contributed by atoms with Crippen molar-refractivity contribution >= 4 is 11.8 Å². The van der Waals surface area contributed by atoms with Crippen molar-refractivity contribution in [3.63, 3.8) is 0 Å². The summed E-state index contributed by atoms with van der Waals surface area (Å²) in [6, 6.07) is 3.53. The zero-order valence-electron chi connectivity index (χ0n) is 8.44. The number of imide groups is 1. The molecular weight excluding hydrogens is 213 g/mol. The van der Waals surface area contributed by atoms with Crippen molar-refractivity contribution < 1.29 is 19.1 Å². The van der Waals surface area contributed by atoms with Crippen LogP contribution in [0.2, 0.25) is 0 Å². The number of aliphatic hydroxyl groups is 1. The fourth-order valence-corrected chi connectivity index (χ4v) is 1.69. The van der Waals surface area contributed by atoms with Crippen LogP contribution in [0.15, 0.2) is 18.2 Å². The monoisotopic (exact) mass is 223 g/mol. The Labute approximate surface area is 91.3 Å². The van der Waals surface area contributed by atoms with Crippen LogP contribution < -0.4 is 0 Å². The van der Waals surface area contributed by atoms with Gasteiger partial charge in [-0.1, -0.05) is 0 Å². The summed E-state index contributed by atoms with van der Waals surface area (Å²) in [5.41, 5.74) is 0.326. The highest BCUT2D eigenvalue weighted by molar-refractivity contribution is 6.21. The maximum Gasteiger partial charge on any atom is 0.261 e. The van der Waals surface area contributed by atoms with Gasteiger partial charge in [-0.3, -0.25) is 14.5 Å². The minimum atomic E-state index is -0.538. The van der Waals surface area contributed by atoms with Crippen LogP contribution in [0.1, 0.15) is 27.1 Å². The van der Waals surface area contributed by atoms with Gasteiger partial charge in [0.25, 0.3) is 11.8 Å². The Morgan fingerprint density at radius 2 is 1.88 bits per heavy atom. The van der Waals surface area contributed by atoms with E-state index in [1.54, 1.807) is 0 Å². The Balaban J connectivity index is 2.33. The molecule has 0 bridgehead atoms. The standard InChI is InChI=1S/C11H10FNO3/c12-7-2-3-8-9(6-7)11(16)13(10(8)15)4-1-5-14/h2-3,6,14H,1,4-5H2. The molecule has 0 radical (unpaired) electrons. The first-order valence-corrected chi connectivity index (χ1v) is 4.91. The molecule has 0 atom stereocenters. The number of aliphatic hydroxyl groups excluding tert-OH is 1. The fourth-order valence-electron chi connectivity index (χ4n) is 1.69. The summed E-state index contributed by atoms with van der Waals surface area (Å²) in [7, 11) is 0. The Morgan fingerprint density at radius 1 is 1.19 bits per heavy atom. The topological polar surface area (TPSA) is 57.6 Å².